The van der Waals surface area contributed by atoms with Crippen LogP contribution in [-0.2, 0) is 24.8 Å². The lowest BCUT2D eigenvalue weighted by Crippen LogP contribution is -2.49. The summed E-state index contributed by atoms with van der Waals surface area (Å²) < 4.78 is 58.4. The van der Waals surface area contributed by atoms with E-state index in [4.69, 9.17) is 4.42 Å². The summed E-state index contributed by atoms with van der Waals surface area (Å²) in [4.78, 5) is 28.9. The highest BCUT2D eigenvalue weighted by atomic mass is 32.2. The minimum atomic E-state index is -3.98. The third kappa shape index (κ3) is 6.28. The van der Waals surface area contributed by atoms with E-state index < -0.39 is 32.0 Å². The van der Waals surface area contributed by atoms with E-state index in [0.29, 0.717) is 62.0 Å². The van der Waals surface area contributed by atoms with Crippen molar-refractivity contribution >= 4 is 54.0 Å². The van der Waals surface area contributed by atoms with Gasteiger partial charge in [0.2, 0.25) is 21.0 Å². The number of carbonyl (C=O) groups is 2. The molecule has 1 atom stereocenters. The standard InChI is InChI=1S/C31H40N4O7S2/c1-5-33(43(4,38)39)19-16-31(2,3)17-20-34-25-15-14-24(22-10-8-11-23(28(22)25)30(34)37)32-29(36)26-12-6-7-18-35(26)44(40,41)27-13-9-21-42-27/h8-11,13-15,21,26H,5-7,12,16-20H2,1-4H3,(H,32,36). The van der Waals surface area contributed by atoms with Crippen molar-refractivity contribution < 1.29 is 30.8 Å². The molecule has 3 aromatic rings. The van der Waals surface area contributed by atoms with E-state index in [1.165, 1.54) is 33.3 Å². The normalized spacial score (nSPS) is 18.0. The topological polar surface area (TPSA) is 137 Å². The Labute approximate surface area is 259 Å². The van der Waals surface area contributed by atoms with E-state index in [9.17, 15) is 26.4 Å². The van der Waals surface area contributed by atoms with E-state index in [0.717, 1.165) is 17.5 Å². The van der Waals surface area contributed by atoms with E-state index in [2.05, 4.69) is 19.2 Å². The molecule has 1 fully saturated rings. The van der Waals surface area contributed by atoms with Crippen LogP contribution in [0.25, 0.3) is 10.8 Å². The summed E-state index contributed by atoms with van der Waals surface area (Å²) >= 11 is 0. The van der Waals surface area contributed by atoms with E-state index in [-0.39, 0.29) is 23.0 Å². The highest BCUT2D eigenvalue weighted by Crippen LogP contribution is 2.42. The molecule has 44 heavy (non-hydrogen) atoms. The number of amides is 2. The lowest BCUT2D eigenvalue weighted by atomic mass is 9.85. The smallest absolute Gasteiger partial charge is 0.277 e. The van der Waals surface area contributed by atoms with Gasteiger partial charge in [-0.15, -0.1) is 0 Å². The van der Waals surface area contributed by atoms with Gasteiger partial charge in [0.25, 0.3) is 15.9 Å². The van der Waals surface area contributed by atoms with Crippen LogP contribution in [0.15, 0.2) is 58.2 Å². The number of nitrogens with zero attached hydrogens (tertiary/aromatic N) is 3. The van der Waals surface area contributed by atoms with E-state index >= 15 is 0 Å². The maximum absolute atomic E-state index is 13.6. The first kappa shape index (κ1) is 32.1. The molecule has 11 nitrogen and oxygen atoms in total. The molecule has 1 aromatic heterocycles. The summed E-state index contributed by atoms with van der Waals surface area (Å²) in [7, 11) is -7.26. The molecule has 1 saturated heterocycles. The molecule has 2 amide bonds. The van der Waals surface area contributed by atoms with Crippen molar-refractivity contribution in [2.45, 2.75) is 64.0 Å². The maximum Gasteiger partial charge on any atom is 0.277 e. The highest BCUT2D eigenvalue weighted by Gasteiger charge is 2.39. The van der Waals surface area contributed by atoms with Crippen LogP contribution in [0.5, 0.6) is 0 Å². The summed E-state index contributed by atoms with van der Waals surface area (Å²) in [6, 6.07) is 11.0. The van der Waals surface area contributed by atoms with Gasteiger partial charge in [0.05, 0.1) is 18.2 Å². The number of hydrogen-bond acceptors (Lipinski definition) is 7. The zero-order valence-corrected chi connectivity index (χ0v) is 27.2. The summed E-state index contributed by atoms with van der Waals surface area (Å²) in [6.07, 6.45) is 5.57. The van der Waals surface area contributed by atoms with Gasteiger partial charge in [0, 0.05) is 48.2 Å². The van der Waals surface area contributed by atoms with Crippen molar-refractivity contribution in [2.75, 3.05) is 42.7 Å². The molecular formula is C31H40N4O7S2. The van der Waals surface area contributed by atoms with Crippen LogP contribution in [0, 0.1) is 5.41 Å². The molecule has 3 heterocycles. The molecule has 1 N–H and O–H groups in total. The van der Waals surface area contributed by atoms with Crippen LogP contribution in [-0.4, -0.2) is 75.7 Å². The van der Waals surface area contributed by atoms with Crippen LogP contribution < -0.4 is 10.2 Å². The quantitative estimate of drug-likeness (QED) is 0.303. The molecule has 13 heteroatoms. The third-order valence-electron chi connectivity index (χ3n) is 8.73. The van der Waals surface area contributed by atoms with Crippen molar-refractivity contribution in [1.82, 2.24) is 8.61 Å². The summed E-state index contributed by atoms with van der Waals surface area (Å²) in [5, 5.41) is 4.21. The molecule has 2 aliphatic heterocycles. The average molecular weight is 645 g/mol. The number of rotatable bonds is 12. The number of furan rings is 1. The first-order valence-corrected chi connectivity index (χ1v) is 18.2. The fourth-order valence-electron chi connectivity index (χ4n) is 6.10. The lowest BCUT2D eigenvalue weighted by molar-refractivity contribution is -0.120. The molecule has 0 spiro atoms. The minimum Gasteiger partial charge on any atom is -0.452 e. The molecule has 2 aromatic carbocycles. The lowest BCUT2D eigenvalue weighted by Gasteiger charge is -2.33. The van der Waals surface area contributed by atoms with Gasteiger partial charge >= 0.3 is 0 Å². The molecular weight excluding hydrogens is 604 g/mol. The zero-order valence-electron chi connectivity index (χ0n) is 25.6. The Balaban J connectivity index is 1.34. The first-order chi connectivity index (χ1) is 20.7. The molecule has 5 rings (SSSR count). The molecule has 238 valence electrons. The molecule has 2 aliphatic rings. The van der Waals surface area contributed by atoms with Gasteiger partial charge in [-0.3, -0.25) is 9.59 Å². The van der Waals surface area contributed by atoms with Gasteiger partial charge < -0.3 is 14.6 Å². The van der Waals surface area contributed by atoms with Crippen LogP contribution in [0.1, 0.15) is 63.2 Å². The monoisotopic (exact) mass is 644 g/mol. The Morgan fingerprint density at radius 1 is 1.07 bits per heavy atom. The molecule has 0 radical (unpaired) electrons. The van der Waals surface area contributed by atoms with E-state index in [1.807, 2.05) is 19.1 Å². The summed E-state index contributed by atoms with van der Waals surface area (Å²) in [6.45, 7) is 7.46. The second-order valence-electron chi connectivity index (χ2n) is 12.3. The number of piperidine rings is 1. The summed E-state index contributed by atoms with van der Waals surface area (Å²) in [5.41, 5.74) is 1.58. The van der Waals surface area contributed by atoms with Gasteiger partial charge in [-0.05, 0) is 61.4 Å². The predicted octanol–water partition coefficient (Wildman–Crippen LogP) is 4.66. The maximum atomic E-state index is 13.6. The van der Waals surface area contributed by atoms with Crippen LogP contribution >= 0.6 is 0 Å². The molecule has 0 saturated carbocycles. The average Bonchev–Trinajstić information content (AvgIpc) is 3.62. The first-order valence-electron chi connectivity index (χ1n) is 14.9. The van der Waals surface area contributed by atoms with E-state index in [1.54, 1.807) is 23.1 Å². The predicted molar refractivity (Wildman–Crippen MR) is 170 cm³/mol. The van der Waals surface area contributed by atoms with Gasteiger partial charge in [-0.25, -0.2) is 21.1 Å². The van der Waals surface area contributed by atoms with Crippen molar-refractivity contribution in [3.05, 3.63) is 54.3 Å². The number of nitrogens with one attached hydrogen (secondary N) is 1. The Bertz CT molecular complexity index is 1770. The molecule has 0 aliphatic carbocycles. The van der Waals surface area contributed by atoms with Crippen LogP contribution in [0.4, 0.5) is 11.4 Å². The van der Waals surface area contributed by atoms with Crippen LogP contribution in [0.3, 0.4) is 0 Å². The Morgan fingerprint density at radius 3 is 2.52 bits per heavy atom. The second kappa shape index (κ2) is 12.3. The fraction of sp³-hybridized carbons (Fsp3) is 0.484. The number of anilines is 2. The number of hydrogen-bond donors (Lipinski definition) is 1. The van der Waals surface area contributed by atoms with Crippen molar-refractivity contribution in [2.24, 2.45) is 5.41 Å². The Kier molecular flexibility index (Phi) is 8.96. The SMILES string of the molecule is CCN(CCC(C)(C)CCN1C(=O)c2cccc3c(NC(=O)C4CCCCN4S(=O)(=O)c4ccco4)ccc1c23)S(C)(=O)=O. The van der Waals surface area contributed by atoms with Gasteiger partial charge in [0.15, 0.2) is 0 Å². The van der Waals surface area contributed by atoms with Gasteiger partial charge in [-0.2, -0.15) is 4.31 Å². The summed E-state index contributed by atoms with van der Waals surface area (Å²) in [5.74, 6) is -0.558. The Morgan fingerprint density at radius 2 is 1.84 bits per heavy atom. The van der Waals surface area contributed by atoms with Crippen LogP contribution in [0.2, 0.25) is 0 Å². The highest BCUT2D eigenvalue weighted by molar-refractivity contribution is 7.89. The molecule has 0 bridgehead atoms. The minimum absolute atomic E-state index is 0.126. The fourth-order valence-corrected chi connectivity index (χ4v) is 8.56. The Hall–Kier alpha value is -3.26. The van der Waals surface area contributed by atoms with Crippen molar-refractivity contribution in [3.63, 3.8) is 0 Å². The van der Waals surface area contributed by atoms with Crippen molar-refractivity contribution in [1.29, 1.82) is 0 Å². The third-order valence-corrected chi connectivity index (χ3v) is 11.9. The largest absolute Gasteiger partial charge is 0.452 e. The van der Waals surface area contributed by atoms with Crippen molar-refractivity contribution in [3.8, 4) is 0 Å². The number of sulfonamides is 2. The second-order valence-corrected chi connectivity index (χ2v) is 16.1. The van der Waals surface area contributed by atoms with Gasteiger partial charge in [0.1, 0.15) is 6.04 Å². The zero-order chi connectivity index (χ0) is 31.9. The van der Waals surface area contributed by atoms with Gasteiger partial charge in [-0.1, -0.05) is 39.3 Å². The molecule has 1 unspecified atom stereocenters. The number of carbonyl (C=O) groups excluding carboxylic acids is 2. The number of benzene rings is 2.